The average molecular weight is 492 g/mol. The van der Waals surface area contributed by atoms with Crippen LogP contribution in [-0.2, 0) is 9.47 Å². The Kier molecular flexibility index (Phi) is 6.20. The number of carbonyl (C=O) groups is 1. The smallest absolute Gasteiger partial charge is 0.410 e. The molecule has 2 saturated heterocycles. The molecule has 3 aliphatic rings. The van der Waals surface area contributed by atoms with E-state index in [9.17, 15) is 18.0 Å². The van der Waals surface area contributed by atoms with E-state index in [0.29, 0.717) is 49.0 Å². The number of nitrogens with zero attached hydrogens (tertiary/aromatic N) is 3. The van der Waals surface area contributed by atoms with Crippen LogP contribution < -0.4 is 10.1 Å². The van der Waals surface area contributed by atoms with E-state index in [2.05, 4.69) is 15.3 Å². The maximum atomic E-state index is 14.3. The van der Waals surface area contributed by atoms with Crippen molar-refractivity contribution in [2.24, 2.45) is 5.92 Å². The van der Waals surface area contributed by atoms with Crippen LogP contribution >= 0.6 is 0 Å². The number of fused-ring (bicyclic) bond motifs is 2. The number of hydrogen-bond acceptors (Lipinski definition) is 7. The van der Waals surface area contributed by atoms with Gasteiger partial charge in [0.25, 0.3) is 5.92 Å². The molecule has 3 heterocycles. The Labute approximate surface area is 200 Å². The van der Waals surface area contributed by atoms with E-state index >= 15 is 0 Å². The summed E-state index contributed by atoms with van der Waals surface area (Å²) in [7, 11) is 0. The van der Waals surface area contributed by atoms with Gasteiger partial charge in [-0.3, -0.25) is 4.90 Å². The molecule has 8 nitrogen and oxygen atoms in total. The number of anilines is 2. The minimum Gasteiger partial charge on any atom is -0.474 e. The maximum absolute atomic E-state index is 14.3. The first-order valence-corrected chi connectivity index (χ1v) is 11.6. The molecule has 2 bridgehead atoms. The molecule has 35 heavy (non-hydrogen) atoms. The third-order valence-electron chi connectivity index (χ3n) is 6.75. The highest BCUT2D eigenvalue weighted by atomic mass is 19.3. The van der Waals surface area contributed by atoms with Gasteiger partial charge in [-0.2, -0.15) is 0 Å². The van der Waals surface area contributed by atoms with E-state index in [-0.39, 0.29) is 37.0 Å². The molecule has 1 saturated carbocycles. The van der Waals surface area contributed by atoms with Crippen LogP contribution in [0.5, 0.6) is 5.88 Å². The maximum Gasteiger partial charge on any atom is 0.410 e. The molecular formula is C24H27F3N4O4. The molecule has 0 radical (unpaired) electrons. The Morgan fingerprint density at radius 3 is 2.60 bits per heavy atom. The van der Waals surface area contributed by atoms with E-state index in [1.165, 1.54) is 12.4 Å². The standard InChI is InChI=1S/C24H27F3N4O4/c1-13-3-4-20(19(25)5-13)30-21-14(2)22(29-12-28-21)35-18-6-16-10-33-11-17(7-18)31(16)23(32)34-9-15-8-24(15,26)27/h3-5,12,15-18H,6-11H2,1-2H3,(H,28,29,30). The van der Waals surface area contributed by atoms with Crippen molar-refractivity contribution in [2.75, 3.05) is 25.1 Å². The Balaban J connectivity index is 1.23. The molecule has 5 rings (SSSR count). The summed E-state index contributed by atoms with van der Waals surface area (Å²) in [6.45, 7) is 3.94. The first-order chi connectivity index (χ1) is 16.7. The fourth-order valence-corrected chi connectivity index (χ4v) is 4.64. The normalized spacial score (nSPS) is 26.7. The van der Waals surface area contributed by atoms with Gasteiger partial charge in [0.05, 0.1) is 42.5 Å². The Morgan fingerprint density at radius 2 is 1.94 bits per heavy atom. The monoisotopic (exact) mass is 492 g/mol. The zero-order valence-electron chi connectivity index (χ0n) is 19.5. The molecule has 1 aliphatic carbocycles. The number of carbonyl (C=O) groups excluding carboxylic acids is 1. The van der Waals surface area contributed by atoms with Gasteiger partial charge in [-0.15, -0.1) is 0 Å². The topological polar surface area (TPSA) is 85.8 Å². The summed E-state index contributed by atoms with van der Waals surface area (Å²) in [5, 5.41) is 2.99. The van der Waals surface area contributed by atoms with Gasteiger partial charge in [0.15, 0.2) is 0 Å². The second kappa shape index (κ2) is 9.18. The first-order valence-electron chi connectivity index (χ1n) is 11.6. The number of morpholine rings is 1. The molecule has 3 atom stereocenters. The van der Waals surface area contributed by atoms with Gasteiger partial charge in [0.1, 0.15) is 30.7 Å². The number of hydrogen-bond donors (Lipinski definition) is 1. The predicted octanol–water partition coefficient (Wildman–Crippen LogP) is 4.38. The first kappa shape index (κ1) is 23.7. The van der Waals surface area contributed by atoms with Gasteiger partial charge >= 0.3 is 6.09 Å². The van der Waals surface area contributed by atoms with Crippen molar-refractivity contribution in [3.8, 4) is 5.88 Å². The van der Waals surface area contributed by atoms with Crippen LogP contribution in [0.15, 0.2) is 24.5 Å². The Bertz CT molecular complexity index is 1100. The van der Waals surface area contributed by atoms with Crippen LogP contribution in [-0.4, -0.2) is 64.9 Å². The third kappa shape index (κ3) is 5.00. The molecule has 11 heteroatoms. The molecule has 1 aromatic heterocycles. The molecule has 0 spiro atoms. The van der Waals surface area contributed by atoms with Crippen molar-refractivity contribution >= 4 is 17.6 Å². The van der Waals surface area contributed by atoms with Gasteiger partial charge < -0.3 is 19.5 Å². The highest BCUT2D eigenvalue weighted by Crippen LogP contribution is 2.48. The number of benzene rings is 1. The highest BCUT2D eigenvalue weighted by molar-refractivity contribution is 5.69. The molecule has 1 N–H and O–H groups in total. The summed E-state index contributed by atoms with van der Waals surface area (Å²) in [6, 6.07) is 4.30. The highest BCUT2D eigenvalue weighted by Gasteiger charge is 2.57. The number of piperidine rings is 1. The molecule has 188 valence electrons. The molecule has 3 unspecified atom stereocenters. The molecule has 2 aliphatic heterocycles. The summed E-state index contributed by atoms with van der Waals surface area (Å²) in [4.78, 5) is 22.7. The van der Waals surface area contributed by atoms with E-state index in [1.807, 2.05) is 6.92 Å². The largest absolute Gasteiger partial charge is 0.474 e. The van der Waals surface area contributed by atoms with Crippen molar-refractivity contribution in [3.63, 3.8) is 0 Å². The number of aromatic nitrogens is 2. The fraction of sp³-hybridized carbons (Fsp3) is 0.542. The lowest BCUT2D eigenvalue weighted by molar-refractivity contribution is -0.0917. The zero-order valence-corrected chi connectivity index (χ0v) is 19.5. The fourth-order valence-electron chi connectivity index (χ4n) is 4.64. The molecule has 2 aromatic rings. The van der Waals surface area contributed by atoms with Crippen LogP contribution in [0.2, 0.25) is 0 Å². The summed E-state index contributed by atoms with van der Waals surface area (Å²) in [5.74, 6) is -3.21. The average Bonchev–Trinajstić information content (AvgIpc) is 3.42. The quantitative estimate of drug-likeness (QED) is 0.641. The summed E-state index contributed by atoms with van der Waals surface area (Å²) in [6.07, 6.45) is 1.23. The van der Waals surface area contributed by atoms with Crippen LogP contribution in [0, 0.1) is 25.6 Å². The molecule has 1 aromatic carbocycles. The van der Waals surface area contributed by atoms with Gasteiger partial charge in [0, 0.05) is 19.3 Å². The van der Waals surface area contributed by atoms with Gasteiger partial charge in [-0.25, -0.2) is 27.9 Å². The van der Waals surface area contributed by atoms with Crippen molar-refractivity contribution in [3.05, 3.63) is 41.5 Å². The second-order valence-electron chi connectivity index (χ2n) is 9.46. The predicted molar refractivity (Wildman–Crippen MR) is 119 cm³/mol. The minimum absolute atomic E-state index is 0.238. The van der Waals surface area contributed by atoms with Gasteiger partial charge in [-0.05, 0) is 31.5 Å². The lowest BCUT2D eigenvalue weighted by Gasteiger charge is -2.47. The third-order valence-corrected chi connectivity index (χ3v) is 6.75. The second-order valence-corrected chi connectivity index (χ2v) is 9.46. The number of rotatable bonds is 6. The van der Waals surface area contributed by atoms with E-state index < -0.39 is 17.9 Å². The number of aryl methyl sites for hydroxylation is 1. The van der Waals surface area contributed by atoms with E-state index in [0.717, 1.165) is 5.56 Å². The van der Waals surface area contributed by atoms with E-state index in [4.69, 9.17) is 14.2 Å². The zero-order chi connectivity index (χ0) is 24.7. The van der Waals surface area contributed by atoms with Gasteiger partial charge in [0.2, 0.25) is 5.88 Å². The van der Waals surface area contributed by atoms with Gasteiger partial charge in [-0.1, -0.05) is 6.07 Å². The molecule has 1 amide bonds. The van der Waals surface area contributed by atoms with Crippen molar-refractivity contribution in [1.29, 1.82) is 0 Å². The Morgan fingerprint density at radius 1 is 1.23 bits per heavy atom. The SMILES string of the molecule is Cc1ccc(Nc2ncnc(OC3CC4COCC(C3)N4C(=O)OCC3CC3(F)F)c2C)c(F)c1. The number of halogens is 3. The van der Waals surface area contributed by atoms with Crippen LogP contribution in [0.3, 0.4) is 0 Å². The molecule has 3 fully saturated rings. The van der Waals surface area contributed by atoms with Crippen molar-refractivity contribution < 1.29 is 32.2 Å². The minimum atomic E-state index is -2.73. The Hall–Kier alpha value is -3.08. The molecular weight excluding hydrogens is 465 g/mol. The lowest BCUT2D eigenvalue weighted by Crippen LogP contribution is -2.61. The van der Waals surface area contributed by atoms with Crippen LogP contribution in [0.25, 0.3) is 0 Å². The van der Waals surface area contributed by atoms with E-state index in [1.54, 1.807) is 24.0 Å². The summed E-state index contributed by atoms with van der Waals surface area (Å²) >= 11 is 0. The summed E-state index contributed by atoms with van der Waals surface area (Å²) in [5.41, 5.74) is 1.73. The number of alkyl halides is 2. The van der Waals surface area contributed by atoms with Crippen LogP contribution in [0.4, 0.5) is 29.5 Å². The summed E-state index contributed by atoms with van der Waals surface area (Å²) < 4.78 is 57.5. The number of ether oxygens (including phenoxy) is 3. The number of nitrogens with one attached hydrogen (secondary N) is 1. The van der Waals surface area contributed by atoms with Crippen molar-refractivity contribution in [2.45, 2.75) is 57.2 Å². The lowest BCUT2D eigenvalue weighted by atomic mass is 9.92. The number of amides is 1. The van der Waals surface area contributed by atoms with Crippen molar-refractivity contribution in [1.82, 2.24) is 14.9 Å². The van der Waals surface area contributed by atoms with Crippen LogP contribution in [0.1, 0.15) is 30.4 Å².